The van der Waals surface area contributed by atoms with E-state index in [9.17, 15) is 4.79 Å². The van der Waals surface area contributed by atoms with Gasteiger partial charge in [-0.05, 0) is 37.0 Å². The second-order valence-corrected chi connectivity index (χ2v) is 4.86. The number of carbonyl (C=O) groups excluding carboxylic acids is 1. The Balaban J connectivity index is 2.50. The molecular formula is C15H21NO2. The molecular weight excluding hydrogens is 226 g/mol. The Labute approximate surface area is 109 Å². The summed E-state index contributed by atoms with van der Waals surface area (Å²) in [5, 5.41) is 0. The normalized spacial score (nSPS) is 11.2. The third kappa shape index (κ3) is 5.15. The second kappa shape index (κ2) is 6.97. The van der Waals surface area contributed by atoms with Gasteiger partial charge in [0.15, 0.2) is 0 Å². The summed E-state index contributed by atoms with van der Waals surface area (Å²) >= 11 is 0. The number of carbonyl (C=O) groups is 1. The number of aryl methyl sites for hydroxylation is 2. The van der Waals surface area contributed by atoms with Gasteiger partial charge in [0.1, 0.15) is 0 Å². The van der Waals surface area contributed by atoms with Crippen LogP contribution in [-0.4, -0.2) is 12.5 Å². The molecule has 3 heteroatoms. The minimum Gasteiger partial charge on any atom is -0.273 e. The SMILES string of the molecule is Cc1ccc(/C=C/C(=O)NOCC(C)C)c(C)c1. The molecule has 0 atom stereocenters. The van der Waals surface area contributed by atoms with Crippen LogP contribution in [0.1, 0.15) is 30.5 Å². The summed E-state index contributed by atoms with van der Waals surface area (Å²) in [5.41, 5.74) is 5.80. The molecule has 1 aromatic carbocycles. The van der Waals surface area contributed by atoms with Gasteiger partial charge in [0.2, 0.25) is 0 Å². The van der Waals surface area contributed by atoms with Crippen molar-refractivity contribution in [3.05, 3.63) is 41.0 Å². The van der Waals surface area contributed by atoms with Crippen molar-refractivity contribution in [3.63, 3.8) is 0 Å². The minimum absolute atomic E-state index is 0.240. The summed E-state index contributed by atoms with van der Waals surface area (Å²) in [7, 11) is 0. The molecule has 3 nitrogen and oxygen atoms in total. The summed E-state index contributed by atoms with van der Waals surface area (Å²) in [6.45, 7) is 8.64. The van der Waals surface area contributed by atoms with E-state index >= 15 is 0 Å². The Morgan fingerprint density at radius 3 is 2.72 bits per heavy atom. The van der Waals surface area contributed by atoms with Crippen LogP contribution in [0.3, 0.4) is 0 Å². The highest BCUT2D eigenvalue weighted by Crippen LogP contribution is 2.11. The highest BCUT2D eigenvalue weighted by molar-refractivity contribution is 5.91. The van der Waals surface area contributed by atoms with Crippen LogP contribution in [0.4, 0.5) is 0 Å². The maximum atomic E-state index is 11.5. The fraction of sp³-hybridized carbons (Fsp3) is 0.400. The molecule has 0 aliphatic rings. The first-order valence-electron chi connectivity index (χ1n) is 6.16. The monoisotopic (exact) mass is 247 g/mol. The van der Waals surface area contributed by atoms with Gasteiger partial charge in [-0.3, -0.25) is 9.63 Å². The molecule has 0 saturated heterocycles. The number of hydroxylamine groups is 1. The second-order valence-electron chi connectivity index (χ2n) is 4.86. The summed E-state index contributed by atoms with van der Waals surface area (Å²) in [4.78, 5) is 16.5. The average molecular weight is 247 g/mol. The third-order valence-corrected chi connectivity index (χ3v) is 2.43. The number of hydrogen-bond acceptors (Lipinski definition) is 2. The molecule has 1 N–H and O–H groups in total. The summed E-state index contributed by atoms with van der Waals surface area (Å²) in [5.74, 6) is 0.157. The lowest BCUT2D eigenvalue weighted by Crippen LogP contribution is -2.23. The highest BCUT2D eigenvalue weighted by atomic mass is 16.6. The lowest BCUT2D eigenvalue weighted by molar-refractivity contribution is -0.129. The standard InChI is InChI=1S/C15H21NO2/c1-11(2)10-18-16-15(17)8-7-14-6-5-12(3)9-13(14)4/h5-9,11H,10H2,1-4H3,(H,16,17)/b8-7+. The van der Waals surface area contributed by atoms with Crippen molar-refractivity contribution >= 4 is 12.0 Å². The Morgan fingerprint density at radius 2 is 2.11 bits per heavy atom. The Kier molecular flexibility index (Phi) is 5.59. The van der Waals surface area contributed by atoms with E-state index in [0.717, 1.165) is 11.1 Å². The van der Waals surface area contributed by atoms with Crippen LogP contribution in [0.2, 0.25) is 0 Å². The highest BCUT2D eigenvalue weighted by Gasteiger charge is 1.99. The molecule has 0 spiro atoms. The first-order valence-corrected chi connectivity index (χ1v) is 6.16. The lowest BCUT2D eigenvalue weighted by atomic mass is 10.1. The zero-order valence-corrected chi connectivity index (χ0v) is 11.5. The average Bonchev–Trinajstić information content (AvgIpc) is 2.27. The topological polar surface area (TPSA) is 38.3 Å². The van der Waals surface area contributed by atoms with Crippen molar-refractivity contribution in [2.75, 3.05) is 6.61 Å². The molecule has 1 aromatic rings. The molecule has 0 aromatic heterocycles. The van der Waals surface area contributed by atoms with Crippen molar-refractivity contribution in [1.82, 2.24) is 5.48 Å². The van der Waals surface area contributed by atoms with Crippen LogP contribution in [0.25, 0.3) is 6.08 Å². The largest absolute Gasteiger partial charge is 0.273 e. The van der Waals surface area contributed by atoms with Crippen LogP contribution < -0.4 is 5.48 Å². The van der Waals surface area contributed by atoms with Gasteiger partial charge >= 0.3 is 0 Å². The lowest BCUT2D eigenvalue weighted by Gasteiger charge is -2.05. The molecule has 0 saturated carbocycles. The molecule has 0 aliphatic carbocycles. The molecule has 98 valence electrons. The fourth-order valence-electron chi connectivity index (χ4n) is 1.49. The van der Waals surface area contributed by atoms with E-state index < -0.39 is 0 Å². The van der Waals surface area contributed by atoms with Gasteiger partial charge in [-0.2, -0.15) is 0 Å². The van der Waals surface area contributed by atoms with E-state index in [0.29, 0.717) is 12.5 Å². The van der Waals surface area contributed by atoms with E-state index in [4.69, 9.17) is 4.84 Å². The molecule has 0 aliphatic heterocycles. The summed E-state index contributed by atoms with van der Waals surface area (Å²) in [6, 6.07) is 6.12. The summed E-state index contributed by atoms with van der Waals surface area (Å²) < 4.78 is 0. The van der Waals surface area contributed by atoms with Gasteiger partial charge in [-0.25, -0.2) is 5.48 Å². The van der Waals surface area contributed by atoms with Gasteiger partial charge in [-0.15, -0.1) is 0 Å². The molecule has 0 unspecified atom stereocenters. The quantitative estimate of drug-likeness (QED) is 0.641. The molecule has 0 heterocycles. The van der Waals surface area contributed by atoms with Crippen molar-refractivity contribution in [2.24, 2.45) is 5.92 Å². The van der Waals surface area contributed by atoms with Crippen LogP contribution in [0.5, 0.6) is 0 Å². The zero-order valence-electron chi connectivity index (χ0n) is 11.5. The van der Waals surface area contributed by atoms with Gasteiger partial charge < -0.3 is 0 Å². The van der Waals surface area contributed by atoms with Crippen molar-refractivity contribution in [2.45, 2.75) is 27.7 Å². The molecule has 0 bridgehead atoms. The van der Waals surface area contributed by atoms with Gasteiger partial charge in [0.25, 0.3) is 5.91 Å². The molecule has 0 fully saturated rings. The predicted molar refractivity (Wildman–Crippen MR) is 73.9 cm³/mol. The van der Waals surface area contributed by atoms with Gasteiger partial charge in [0.05, 0.1) is 6.61 Å². The van der Waals surface area contributed by atoms with E-state index in [-0.39, 0.29) is 5.91 Å². The van der Waals surface area contributed by atoms with Crippen LogP contribution in [0.15, 0.2) is 24.3 Å². The molecule has 1 amide bonds. The smallest absolute Gasteiger partial charge is 0.267 e. The fourth-order valence-corrected chi connectivity index (χ4v) is 1.49. The first kappa shape index (κ1) is 14.5. The minimum atomic E-state index is -0.240. The van der Waals surface area contributed by atoms with Gasteiger partial charge in [-0.1, -0.05) is 37.6 Å². The Morgan fingerprint density at radius 1 is 1.39 bits per heavy atom. The zero-order chi connectivity index (χ0) is 13.5. The number of rotatable bonds is 5. The number of benzene rings is 1. The summed E-state index contributed by atoms with van der Waals surface area (Å²) in [6.07, 6.45) is 3.28. The molecule has 18 heavy (non-hydrogen) atoms. The number of nitrogens with one attached hydrogen (secondary N) is 1. The predicted octanol–water partition coefficient (Wildman–Crippen LogP) is 3.02. The van der Waals surface area contributed by atoms with E-state index in [2.05, 4.69) is 11.5 Å². The van der Waals surface area contributed by atoms with Crippen LogP contribution in [0, 0.1) is 19.8 Å². The maximum absolute atomic E-state index is 11.5. The number of hydrogen-bond donors (Lipinski definition) is 1. The Bertz CT molecular complexity index is 436. The first-order chi connectivity index (χ1) is 8.49. The third-order valence-electron chi connectivity index (χ3n) is 2.43. The van der Waals surface area contributed by atoms with Crippen LogP contribution in [-0.2, 0) is 9.63 Å². The molecule has 0 radical (unpaired) electrons. The van der Waals surface area contributed by atoms with Crippen molar-refractivity contribution < 1.29 is 9.63 Å². The van der Waals surface area contributed by atoms with Crippen molar-refractivity contribution in [3.8, 4) is 0 Å². The number of amides is 1. The van der Waals surface area contributed by atoms with Crippen LogP contribution >= 0.6 is 0 Å². The van der Waals surface area contributed by atoms with Crippen molar-refractivity contribution in [1.29, 1.82) is 0 Å². The van der Waals surface area contributed by atoms with Gasteiger partial charge in [0, 0.05) is 6.08 Å². The van der Waals surface area contributed by atoms with E-state index in [1.807, 2.05) is 39.8 Å². The van der Waals surface area contributed by atoms with E-state index in [1.54, 1.807) is 6.08 Å². The van der Waals surface area contributed by atoms with E-state index in [1.165, 1.54) is 11.6 Å². The molecule has 1 rings (SSSR count). The maximum Gasteiger partial charge on any atom is 0.267 e. The Hall–Kier alpha value is -1.61.